The molecule has 0 saturated heterocycles. The van der Waals surface area contributed by atoms with Gasteiger partial charge < -0.3 is 0 Å². The molecular weight excluding hydrogens is 315 g/mol. The lowest BCUT2D eigenvalue weighted by Crippen LogP contribution is -1.88. The molecule has 0 N–H and O–H groups in total. The van der Waals surface area contributed by atoms with E-state index in [-0.39, 0.29) is 0 Å². The Morgan fingerprint density at radius 2 is 1.91 bits per heavy atom. The monoisotopic (exact) mass is 324 g/mol. The van der Waals surface area contributed by atoms with Gasteiger partial charge in [-0.25, -0.2) is 0 Å². The van der Waals surface area contributed by atoms with Gasteiger partial charge in [-0.1, -0.05) is 22.0 Å². The summed E-state index contributed by atoms with van der Waals surface area (Å²) in [5, 5.41) is 0.953. The molecule has 2 heteroatoms. The Kier molecular flexibility index (Phi) is 3.37. The normalized spacial score (nSPS) is 10.2. The van der Waals surface area contributed by atoms with Gasteiger partial charge in [0.05, 0.1) is 0 Å². The van der Waals surface area contributed by atoms with Gasteiger partial charge in [-0.3, -0.25) is 0 Å². The number of alkyl halides is 1. The van der Waals surface area contributed by atoms with Crippen LogP contribution in [0.5, 0.6) is 0 Å². The summed E-state index contributed by atoms with van der Waals surface area (Å²) < 4.78 is 1.35. The molecule has 1 aromatic rings. The third kappa shape index (κ3) is 2.18. The van der Waals surface area contributed by atoms with Crippen molar-refractivity contribution in [3.05, 3.63) is 32.4 Å². The van der Waals surface area contributed by atoms with Crippen LogP contribution in [0, 0.1) is 17.4 Å². The average Bonchev–Trinajstić information content (AvgIpc) is 1.97. The first-order valence-corrected chi connectivity index (χ1v) is 5.66. The van der Waals surface area contributed by atoms with Gasteiger partial charge in [0.2, 0.25) is 0 Å². The first kappa shape index (κ1) is 9.52. The molecule has 1 aromatic carbocycles. The second-order valence-electron chi connectivity index (χ2n) is 2.66. The molecule has 0 aliphatic rings. The summed E-state index contributed by atoms with van der Waals surface area (Å²) in [5.74, 6) is 0. The predicted molar refractivity (Wildman–Crippen MR) is 61.3 cm³/mol. The minimum Gasteiger partial charge on any atom is -0.0876 e. The molecule has 0 bridgehead atoms. The van der Waals surface area contributed by atoms with E-state index in [2.05, 4.69) is 64.5 Å². The van der Waals surface area contributed by atoms with Crippen LogP contribution in [-0.4, -0.2) is 0 Å². The lowest BCUT2D eigenvalue weighted by atomic mass is 10.1. The van der Waals surface area contributed by atoms with Gasteiger partial charge in [-0.05, 0) is 59.2 Å². The van der Waals surface area contributed by atoms with Gasteiger partial charge in [0.15, 0.2) is 0 Å². The molecule has 0 nitrogen and oxygen atoms in total. The lowest BCUT2D eigenvalue weighted by Gasteiger charge is -2.05. The maximum Gasteiger partial charge on any atom is 0.0286 e. The van der Waals surface area contributed by atoms with E-state index >= 15 is 0 Å². The fraction of sp³-hybridized carbons (Fsp3) is 0.333. The summed E-state index contributed by atoms with van der Waals surface area (Å²) in [5.41, 5.74) is 4.13. The molecule has 60 valence electrons. The van der Waals surface area contributed by atoms with E-state index in [0.29, 0.717) is 0 Å². The Morgan fingerprint density at radius 1 is 1.27 bits per heavy atom. The molecular formula is C9H10BrI. The van der Waals surface area contributed by atoms with Crippen LogP contribution in [0.1, 0.15) is 16.7 Å². The quantitative estimate of drug-likeness (QED) is 0.544. The molecule has 0 aliphatic heterocycles. The minimum absolute atomic E-state index is 0.953. The van der Waals surface area contributed by atoms with Crippen molar-refractivity contribution in [2.24, 2.45) is 0 Å². The first-order valence-electron chi connectivity index (χ1n) is 3.46. The fourth-order valence-corrected chi connectivity index (χ4v) is 2.15. The van der Waals surface area contributed by atoms with Crippen LogP contribution in [0.4, 0.5) is 0 Å². The largest absolute Gasteiger partial charge is 0.0876 e. The van der Waals surface area contributed by atoms with Gasteiger partial charge >= 0.3 is 0 Å². The van der Waals surface area contributed by atoms with Crippen molar-refractivity contribution in [2.75, 3.05) is 0 Å². The summed E-state index contributed by atoms with van der Waals surface area (Å²) in [7, 11) is 0. The predicted octanol–water partition coefficient (Wildman–Crippen LogP) is 3.80. The van der Waals surface area contributed by atoms with Crippen molar-refractivity contribution >= 4 is 38.5 Å². The zero-order chi connectivity index (χ0) is 8.43. The van der Waals surface area contributed by atoms with E-state index < -0.39 is 0 Å². The van der Waals surface area contributed by atoms with Gasteiger partial charge in [-0.15, -0.1) is 0 Å². The summed E-state index contributed by atoms with van der Waals surface area (Å²) in [6.45, 7) is 4.30. The molecule has 0 fully saturated rings. The average molecular weight is 325 g/mol. The van der Waals surface area contributed by atoms with Crippen LogP contribution >= 0.6 is 38.5 Å². The highest BCUT2D eigenvalue weighted by Crippen LogP contribution is 2.19. The number of hydrogen-bond acceptors (Lipinski definition) is 0. The van der Waals surface area contributed by atoms with Gasteiger partial charge in [0.1, 0.15) is 0 Å². The van der Waals surface area contributed by atoms with Crippen molar-refractivity contribution in [1.82, 2.24) is 0 Å². The molecule has 0 aliphatic carbocycles. The SMILES string of the molecule is Cc1cc(C)c(CBr)cc1I. The van der Waals surface area contributed by atoms with E-state index in [1.807, 2.05) is 0 Å². The minimum atomic E-state index is 0.953. The molecule has 0 unspecified atom stereocenters. The van der Waals surface area contributed by atoms with E-state index in [4.69, 9.17) is 0 Å². The van der Waals surface area contributed by atoms with Gasteiger partial charge in [0.25, 0.3) is 0 Å². The van der Waals surface area contributed by atoms with E-state index in [9.17, 15) is 0 Å². The Hall–Kier alpha value is 0.430. The Morgan fingerprint density at radius 3 is 2.45 bits per heavy atom. The van der Waals surface area contributed by atoms with Crippen molar-refractivity contribution in [3.63, 3.8) is 0 Å². The third-order valence-electron chi connectivity index (χ3n) is 1.76. The lowest BCUT2D eigenvalue weighted by molar-refractivity contribution is 1.27. The Bertz CT molecular complexity index is 269. The number of hydrogen-bond donors (Lipinski definition) is 0. The smallest absolute Gasteiger partial charge is 0.0286 e. The maximum absolute atomic E-state index is 3.46. The summed E-state index contributed by atoms with van der Waals surface area (Å²) in [6, 6.07) is 4.47. The zero-order valence-electron chi connectivity index (χ0n) is 6.62. The maximum atomic E-state index is 3.46. The molecule has 0 aromatic heterocycles. The van der Waals surface area contributed by atoms with Crippen molar-refractivity contribution < 1.29 is 0 Å². The molecule has 0 spiro atoms. The zero-order valence-corrected chi connectivity index (χ0v) is 10.4. The number of halogens is 2. The highest BCUT2D eigenvalue weighted by atomic mass is 127. The standard InChI is InChI=1S/C9H10BrI/c1-6-3-7(2)9(11)4-8(6)5-10/h3-4H,5H2,1-2H3. The molecule has 0 radical (unpaired) electrons. The first-order chi connectivity index (χ1) is 5.15. The number of aryl methyl sites for hydroxylation is 2. The van der Waals surface area contributed by atoms with E-state index in [1.165, 1.54) is 20.3 Å². The molecule has 1 rings (SSSR count). The molecule has 0 amide bonds. The summed E-state index contributed by atoms with van der Waals surface area (Å²) in [6.07, 6.45) is 0. The second kappa shape index (κ2) is 3.90. The van der Waals surface area contributed by atoms with E-state index in [0.717, 1.165) is 5.33 Å². The van der Waals surface area contributed by atoms with Crippen LogP contribution in [-0.2, 0) is 5.33 Å². The molecule has 0 heterocycles. The Labute approximate surface area is 89.7 Å². The third-order valence-corrected chi connectivity index (χ3v) is 3.53. The molecule has 0 saturated carbocycles. The van der Waals surface area contributed by atoms with Crippen LogP contribution in [0.3, 0.4) is 0 Å². The highest BCUT2D eigenvalue weighted by Gasteiger charge is 2.00. The van der Waals surface area contributed by atoms with Crippen LogP contribution in [0.25, 0.3) is 0 Å². The van der Waals surface area contributed by atoms with Crippen LogP contribution in [0.15, 0.2) is 12.1 Å². The van der Waals surface area contributed by atoms with Crippen molar-refractivity contribution in [3.8, 4) is 0 Å². The summed E-state index contributed by atoms with van der Waals surface area (Å²) in [4.78, 5) is 0. The van der Waals surface area contributed by atoms with Crippen LogP contribution < -0.4 is 0 Å². The van der Waals surface area contributed by atoms with Crippen molar-refractivity contribution in [2.45, 2.75) is 19.2 Å². The fourth-order valence-electron chi connectivity index (χ4n) is 1.01. The second-order valence-corrected chi connectivity index (χ2v) is 4.38. The van der Waals surface area contributed by atoms with Gasteiger partial charge in [0, 0.05) is 8.90 Å². The van der Waals surface area contributed by atoms with E-state index in [1.54, 1.807) is 0 Å². The van der Waals surface area contributed by atoms with Crippen molar-refractivity contribution in [1.29, 1.82) is 0 Å². The topological polar surface area (TPSA) is 0 Å². The van der Waals surface area contributed by atoms with Gasteiger partial charge in [-0.2, -0.15) is 0 Å². The highest BCUT2D eigenvalue weighted by molar-refractivity contribution is 14.1. The summed E-state index contributed by atoms with van der Waals surface area (Å²) >= 11 is 5.83. The molecule has 0 atom stereocenters. The Balaban J connectivity index is 3.21. The number of rotatable bonds is 1. The number of benzene rings is 1. The molecule has 11 heavy (non-hydrogen) atoms. The van der Waals surface area contributed by atoms with Crippen LogP contribution in [0.2, 0.25) is 0 Å².